The molecular weight excluding hydrogens is 402 g/mol. The zero-order valence-corrected chi connectivity index (χ0v) is 18.6. The number of carbonyl (C=O) groups excluding carboxylic acids is 3. The highest BCUT2D eigenvalue weighted by Crippen LogP contribution is 2.19. The lowest BCUT2D eigenvalue weighted by Gasteiger charge is -2.35. The average molecular weight is 431 g/mol. The molecule has 168 valence electrons. The molecule has 1 unspecified atom stereocenters. The summed E-state index contributed by atoms with van der Waals surface area (Å²) in [5, 5.41) is 11.4. The van der Waals surface area contributed by atoms with Crippen LogP contribution in [0.1, 0.15) is 41.8 Å². The summed E-state index contributed by atoms with van der Waals surface area (Å²) in [6.45, 7) is 9.18. The Bertz CT molecular complexity index is 972. The minimum atomic E-state index is -0.544. The van der Waals surface area contributed by atoms with Crippen molar-refractivity contribution in [1.29, 1.82) is 0 Å². The lowest BCUT2D eigenvalue weighted by Crippen LogP contribution is -2.52. The summed E-state index contributed by atoms with van der Waals surface area (Å²) in [5.74, 6) is -0.383. The average Bonchev–Trinajstić information content (AvgIpc) is 3.28. The lowest BCUT2D eigenvalue weighted by molar-refractivity contribution is -0.136. The predicted octanol–water partition coefficient (Wildman–Crippen LogP) is 1.35. The standard InChI is InChI=1S/C20H29N7O4/c1-6-31-20(30)26-9-7-25(8-10-26)19(29)15(4)27-12-16(14(3)23-27)21-18(28)17-11-13(2)22-24(17)5/h11-12,15H,6-10H2,1-5H3,(H,21,28). The van der Waals surface area contributed by atoms with E-state index in [1.165, 1.54) is 4.68 Å². The molecule has 1 aliphatic heterocycles. The van der Waals surface area contributed by atoms with Gasteiger partial charge in [0, 0.05) is 39.4 Å². The van der Waals surface area contributed by atoms with E-state index in [1.54, 1.807) is 54.6 Å². The maximum Gasteiger partial charge on any atom is 0.409 e. The molecule has 0 spiro atoms. The fraction of sp³-hybridized carbons (Fsp3) is 0.550. The molecule has 1 fully saturated rings. The topological polar surface area (TPSA) is 115 Å². The first-order chi connectivity index (χ1) is 14.7. The molecule has 1 aliphatic rings. The maximum absolute atomic E-state index is 12.9. The Hall–Kier alpha value is -3.37. The van der Waals surface area contributed by atoms with E-state index in [4.69, 9.17) is 4.74 Å². The second-order valence-electron chi connectivity index (χ2n) is 7.54. The Labute approximate surface area is 180 Å². The van der Waals surface area contributed by atoms with Gasteiger partial charge in [-0.2, -0.15) is 10.2 Å². The van der Waals surface area contributed by atoms with Gasteiger partial charge in [-0.3, -0.25) is 19.0 Å². The van der Waals surface area contributed by atoms with Gasteiger partial charge >= 0.3 is 6.09 Å². The predicted molar refractivity (Wildman–Crippen MR) is 113 cm³/mol. The Morgan fingerprint density at radius 1 is 1.13 bits per heavy atom. The van der Waals surface area contributed by atoms with Crippen LogP contribution in [0.3, 0.4) is 0 Å². The van der Waals surface area contributed by atoms with Gasteiger partial charge in [-0.25, -0.2) is 4.79 Å². The summed E-state index contributed by atoms with van der Waals surface area (Å²) in [5.41, 5.74) is 2.34. The molecule has 3 heterocycles. The van der Waals surface area contributed by atoms with Crippen molar-refractivity contribution >= 4 is 23.6 Å². The Morgan fingerprint density at radius 2 is 1.77 bits per heavy atom. The molecule has 11 nitrogen and oxygen atoms in total. The van der Waals surface area contributed by atoms with Gasteiger partial charge in [0.2, 0.25) is 5.91 Å². The van der Waals surface area contributed by atoms with Gasteiger partial charge in [0.1, 0.15) is 11.7 Å². The first-order valence-electron chi connectivity index (χ1n) is 10.3. The van der Waals surface area contributed by atoms with E-state index < -0.39 is 6.04 Å². The maximum atomic E-state index is 12.9. The molecule has 0 bridgehead atoms. The fourth-order valence-electron chi connectivity index (χ4n) is 3.51. The number of amides is 3. The summed E-state index contributed by atoms with van der Waals surface area (Å²) >= 11 is 0. The van der Waals surface area contributed by atoms with Gasteiger partial charge in [0.25, 0.3) is 5.91 Å². The highest BCUT2D eigenvalue weighted by Gasteiger charge is 2.29. The molecule has 0 aromatic carbocycles. The van der Waals surface area contributed by atoms with Crippen molar-refractivity contribution in [2.45, 2.75) is 33.7 Å². The lowest BCUT2D eigenvalue weighted by atomic mass is 10.2. The summed E-state index contributed by atoms with van der Waals surface area (Å²) in [6.07, 6.45) is 1.31. The third-order valence-corrected chi connectivity index (χ3v) is 5.27. The molecule has 1 saturated heterocycles. The van der Waals surface area contributed by atoms with Gasteiger partial charge in [0.15, 0.2) is 0 Å². The Morgan fingerprint density at radius 3 is 2.35 bits per heavy atom. The monoisotopic (exact) mass is 431 g/mol. The number of carbonyl (C=O) groups is 3. The van der Waals surface area contributed by atoms with E-state index in [1.807, 2.05) is 6.92 Å². The van der Waals surface area contributed by atoms with E-state index in [0.717, 1.165) is 5.69 Å². The molecule has 0 aliphatic carbocycles. The van der Waals surface area contributed by atoms with Crippen LogP contribution in [0.4, 0.5) is 10.5 Å². The van der Waals surface area contributed by atoms with E-state index in [2.05, 4.69) is 15.5 Å². The molecule has 1 N–H and O–H groups in total. The van der Waals surface area contributed by atoms with Gasteiger partial charge in [-0.05, 0) is 33.8 Å². The third-order valence-electron chi connectivity index (χ3n) is 5.27. The van der Waals surface area contributed by atoms with Gasteiger partial charge < -0.3 is 19.9 Å². The molecule has 0 saturated carbocycles. The first-order valence-corrected chi connectivity index (χ1v) is 10.3. The Kier molecular flexibility index (Phi) is 6.62. The number of anilines is 1. The van der Waals surface area contributed by atoms with Crippen LogP contribution in [0, 0.1) is 13.8 Å². The number of hydrogen-bond acceptors (Lipinski definition) is 6. The number of piperazine rings is 1. The van der Waals surface area contributed by atoms with Crippen LogP contribution >= 0.6 is 0 Å². The van der Waals surface area contributed by atoms with Crippen LogP contribution in [0.25, 0.3) is 0 Å². The largest absolute Gasteiger partial charge is 0.450 e. The first kappa shape index (κ1) is 22.3. The second-order valence-corrected chi connectivity index (χ2v) is 7.54. The summed E-state index contributed by atoms with van der Waals surface area (Å²) in [4.78, 5) is 40.7. The van der Waals surface area contributed by atoms with E-state index >= 15 is 0 Å². The molecule has 1 atom stereocenters. The molecule has 11 heteroatoms. The number of nitrogens with one attached hydrogen (secondary N) is 1. The highest BCUT2D eigenvalue weighted by atomic mass is 16.6. The van der Waals surface area contributed by atoms with Crippen LogP contribution in [0.5, 0.6) is 0 Å². The van der Waals surface area contributed by atoms with Crippen LogP contribution in [-0.4, -0.2) is 80.1 Å². The van der Waals surface area contributed by atoms with Crippen LogP contribution in [-0.2, 0) is 16.6 Å². The summed E-state index contributed by atoms with van der Waals surface area (Å²) in [6, 6.07) is 1.16. The number of aryl methyl sites for hydroxylation is 3. The second kappa shape index (κ2) is 9.19. The number of nitrogens with zero attached hydrogens (tertiary/aromatic N) is 6. The van der Waals surface area contributed by atoms with Gasteiger partial charge in [-0.1, -0.05) is 0 Å². The number of hydrogen-bond donors (Lipinski definition) is 1. The zero-order valence-electron chi connectivity index (χ0n) is 18.6. The number of aromatic nitrogens is 4. The van der Waals surface area contributed by atoms with Crippen molar-refractivity contribution in [3.8, 4) is 0 Å². The number of ether oxygens (including phenoxy) is 1. The van der Waals surface area contributed by atoms with E-state index in [-0.39, 0.29) is 17.9 Å². The van der Waals surface area contributed by atoms with Gasteiger partial charge in [-0.15, -0.1) is 0 Å². The van der Waals surface area contributed by atoms with Crippen molar-refractivity contribution in [2.75, 3.05) is 38.1 Å². The Balaban J connectivity index is 1.63. The quantitative estimate of drug-likeness (QED) is 0.764. The molecule has 31 heavy (non-hydrogen) atoms. The molecule has 3 rings (SSSR count). The molecule has 0 radical (unpaired) electrons. The fourth-order valence-corrected chi connectivity index (χ4v) is 3.51. The SMILES string of the molecule is CCOC(=O)N1CCN(C(=O)C(C)n2cc(NC(=O)c3cc(C)nn3C)c(C)n2)CC1. The summed E-state index contributed by atoms with van der Waals surface area (Å²) < 4.78 is 8.09. The van der Waals surface area contributed by atoms with Crippen molar-refractivity contribution in [1.82, 2.24) is 29.4 Å². The van der Waals surface area contributed by atoms with E-state index in [0.29, 0.717) is 49.9 Å². The third kappa shape index (κ3) is 4.86. The van der Waals surface area contributed by atoms with Crippen molar-refractivity contribution in [3.63, 3.8) is 0 Å². The zero-order chi connectivity index (χ0) is 22.7. The van der Waals surface area contributed by atoms with Crippen LogP contribution in [0.15, 0.2) is 12.3 Å². The molecule has 2 aromatic rings. The van der Waals surface area contributed by atoms with E-state index in [9.17, 15) is 14.4 Å². The van der Waals surface area contributed by atoms with Crippen molar-refractivity contribution in [2.24, 2.45) is 7.05 Å². The van der Waals surface area contributed by atoms with Gasteiger partial charge in [0.05, 0.1) is 23.7 Å². The molecular formula is C20H29N7O4. The van der Waals surface area contributed by atoms with Crippen LogP contribution in [0.2, 0.25) is 0 Å². The normalized spacial score (nSPS) is 15.0. The number of rotatable bonds is 5. The van der Waals surface area contributed by atoms with Crippen LogP contribution < -0.4 is 5.32 Å². The summed E-state index contributed by atoms with van der Waals surface area (Å²) in [7, 11) is 1.71. The van der Waals surface area contributed by atoms with Crippen molar-refractivity contribution < 1.29 is 19.1 Å². The smallest absolute Gasteiger partial charge is 0.409 e. The molecule has 3 amide bonds. The van der Waals surface area contributed by atoms with Crippen molar-refractivity contribution in [3.05, 3.63) is 29.3 Å². The minimum absolute atomic E-state index is 0.0915. The highest BCUT2D eigenvalue weighted by molar-refractivity contribution is 6.03. The molecule has 2 aromatic heterocycles. The minimum Gasteiger partial charge on any atom is -0.450 e.